The van der Waals surface area contributed by atoms with Gasteiger partial charge < -0.3 is 48.3 Å². The van der Waals surface area contributed by atoms with E-state index in [-0.39, 0.29) is 55.3 Å². The number of esters is 4. The Hall–Kier alpha value is -4.23. The fourth-order valence-electron chi connectivity index (χ4n) is 9.44. The molecule has 0 bridgehead atoms. The maximum absolute atomic E-state index is 13.6. The molecule has 0 aromatic rings. The van der Waals surface area contributed by atoms with Gasteiger partial charge in [-0.3, -0.25) is 29.0 Å². The number of allylic oxidation sites excluding steroid dienone is 3. The summed E-state index contributed by atoms with van der Waals surface area (Å²) in [7, 11) is 13.6. The van der Waals surface area contributed by atoms with E-state index in [2.05, 4.69) is 19.9 Å². The molecular weight excluding hydrogens is 975 g/mol. The Morgan fingerprint density at radius 1 is 0.868 bits per heavy atom. The van der Waals surface area contributed by atoms with Crippen molar-refractivity contribution in [3.05, 3.63) is 60.4 Å². The first-order chi connectivity index (χ1) is 35.7. The third-order valence-electron chi connectivity index (χ3n) is 15.2. The van der Waals surface area contributed by atoms with E-state index in [9.17, 15) is 34.2 Å². The van der Waals surface area contributed by atoms with Crippen molar-refractivity contribution in [3.63, 3.8) is 0 Å². The molecule has 1 aliphatic rings. The number of carbonyl (C=O) groups excluding carboxylic acids is 5. The molecule has 17 nitrogen and oxygen atoms in total. The second-order valence-corrected chi connectivity index (χ2v) is 21.9. The van der Waals surface area contributed by atoms with Gasteiger partial charge in [0.25, 0.3) is 0 Å². The van der Waals surface area contributed by atoms with Crippen LogP contribution in [-0.4, -0.2) is 179 Å². The number of methoxy groups -OCH3 is 3. The summed E-state index contributed by atoms with van der Waals surface area (Å²) >= 11 is 0. The number of aliphatic hydroxyl groups is 2. The number of amides is 1. The first kappa shape index (κ1) is 69.8. The fraction of sp³-hybridized carbons (Fsp3) is 0.746. The lowest BCUT2D eigenvalue weighted by molar-refractivity contribution is -0.166. The summed E-state index contributed by atoms with van der Waals surface area (Å²) in [4.78, 5) is 69.2. The second-order valence-electron chi connectivity index (χ2n) is 21.9. The van der Waals surface area contributed by atoms with Crippen molar-refractivity contribution < 1.29 is 67.3 Å². The van der Waals surface area contributed by atoms with E-state index >= 15 is 0 Å². The molecule has 0 saturated carbocycles. The molecule has 0 aromatic heterocycles. The summed E-state index contributed by atoms with van der Waals surface area (Å²) < 4.78 is 41.6. The van der Waals surface area contributed by atoms with Gasteiger partial charge in [-0.25, -0.2) is 4.79 Å². The van der Waals surface area contributed by atoms with E-state index in [0.29, 0.717) is 38.5 Å². The number of aliphatic hydroxyl groups excluding tert-OH is 2. The van der Waals surface area contributed by atoms with Crippen LogP contribution in [0.15, 0.2) is 60.4 Å². The minimum Gasteiger partial charge on any atom is -0.462 e. The van der Waals surface area contributed by atoms with E-state index in [1.165, 1.54) is 25.0 Å². The van der Waals surface area contributed by atoms with Crippen molar-refractivity contribution in [3.8, 4) is 0 Å². The number of hydrogen-bond acceptors (Lipinski definition) is 16. The van der Waals surface area contributed by atoms with Gasteiger partial charge in [-0.05, 0) is 110 Å². The quantitative estimate of drug-likeness (QED) is 0.0435. The van der Waals surface area contributed by atoms with Gasteiger partial charge in [0.2, 0.25) is 6.41 Å². The molecular formula is C59H101N3O14. The first-order valence-electron chi connectivity index (χ1n) is 27.3. The number of ether oxygens (including phenoxy) is 7. The fourth-order valence-corrected chi connectivity index (χ4v) is 9.44. The Morgan fingerprint density at radius 2 is 1.54 bits per heavy atom. The van der Waals surface area contributed by atoms with Crippen molar-refractivity contribution >= 4 is 30.3 Å². The average molecular weight is 1080 g/mol. The lowest BCUT2D eigenvalue weighted by Crippen LogP contribution is -2.45. The van der Waals surface area contributed by atoms with E-state index in [0.717, 1.165) is 12.0 Å². The van der Waals surface area contributed by atoms with Gasteiger partial charge in [-0.1, -0.05) is 91.0 Å². The highest BCUT2D eigenvalue weighted by molar-refractivity contribution is 5.82. The van der Waals surface area contributed by atoms with Crippen LogP contribution in [0.3, 0.4) is 0 Å². The maximum atomic E-state index is 13.6. The molecule has 2 N–H and O–H groups in total. The highest BCUT2D eigenvalue weighted by atomic mass is 16.6. The van der Waals surface area contributed by atoms with Gasteiger partial charge in [0.15, 0.2) is 0 Å². The molecule has 0 spiro atoms. The molecule has 1 heterocycles. The number of cyclic esters (lactones) is 1. The van der Waals surface area contributed by atoms with Crippen LogP contribution in [0.5, 0.6) is 0 Å². The molecule has 17 unspecified atom stereocenters. The summed E-state index contributed by atoms with van der Waals surface area (Å²) in [6.07, 6.45) is 15.4. The molecule has 0 fully saturated rings. The number of nitrogens with zero attached hydrogens (tertiary/aromatic N) is 3. The van der Waals surface area contributed by atoms with Crippen LogP contribution in [0, 0.1) is 41.4 Å². The van der Waals surface area contributed by atoms with Gasteiger partial charge in [0.1, 0.15) is 36.5 Å². The number of hydrogen-bond donors (Lipinski definition) is 2. The van der Waals surface area contributed by atoms with E-state index < -0.39 is 90.3 Å². The molecule has 1 rings (SSSR count). The zero-order valence-electron chi connectivity index (χ0n) is 49.6. The maximum Gasteiger partial charge on any atom is 0.331 e. The smallest absolute Gasteiger partial charge is 0.331 e. The number of likely N-dealkylation sites (N-methyl/N-ethyl adjacent to an activating group) is 2. The molecule has 17 heteroatoms. The molecule has 17 atom stereocenters. The molecule has 76 heavy (non-hydrogen) atoms. The van der Waals surface area contributed by atoms with Gasteiger partial charge in [0, 0.05) is 77.7 Å². The van der Waals surface area contributed by atoms with Gasteiger partial charge in [0.05, 0.1) is 31.0 Å². The predicted molar refractivity (Wildman–Crippen MR) is 297 cm³/mol. The molecule has 1 aliphatic heterocycles. The van der Waals surface area contributed by atoms with Crippen LogP contribution in [0.1, 0.15) is 121 Å². The van der Waals surface area contributed by atoms with E-state index in [1.807, 2.05) is 53.7 Å². The van der Waals surface area contributed by atoms with Crippen molar-refractivity contribution in [2.75, 3.05) is 63.2 Å². The Labute approximate surface area is 457 Å². The zero-order chi connectivity index (χ0) is 57.8. The zero-order valence-corrected chi connectivity index (χ0v) is 49.6. The Morgan fingerprint density at radius 3 is 2.12 bits per heavy atom. The minimum absolute atomic E-state index is 0.131. The van der Waals surface area contributed by atoms with Crippen LogP contribution in [0.2, 0.25) is 0 Å². The monoisotopic (exact) mass is 1080 g/mol. The molecule has 0 aliphatic carbocycles. The first-order valence-corrected chi connectivity index (χ1v) is 27.3. The topological polar surface area (TPSA) is 200 Å². The van der Waals surface area contributed by atoms with Crippen LogP contribution in [0.25, 0.3) is 0 Å². The van der Waals surface area contributed by atoms with Gasteiger partial charge in [-0.2, -0.15) is 0 Å². The van der Waals surface area contributed by atoms with Crippen LogP contribution in [-0.2, 0) is 57.1 Å². The Kier molecular flexibility index (Phi) is 33.8. The van der Waals surface area contributed by atoms with Crippen molar-refractivity contribution in [2.24, 2.45) is 41.4 Å². The molecule has 1 amide bonds. The van der Waals surface area contributed by atoms with Crippen molar-refractivity contribution in [1.29, 1.82) is 0 Å². The third-order valence-corrected chi connectivity index (χ3v) is 15.2. The average Bonchev–Trinajstić information content (AvgIpc) is 3.37. The summed E-state index contributed by atoms with van der Waals surface area (Å²) in [6.45, 7) is 18.8. The van der Waals surface area contributed by atoms with Gasteiger partial charge >= 0.3 is 23.9 Å². The van der Waals surface area contributed by atoms with Crippen LogP contribution < -0.4 is 0 Å². The lowest BCUT2D eigenvalue weighted by atomic mass is 9.82. The van der Waals surface area contributed by atoms with E-state index in [1.54, 1.807) is 96.7 Å². The predicted octanol–water partition coefficient (Wildman–Crippen LogP) is 7.74. The summed E-state index contributed by atoms with van der Waals surface area (Å²) in [5, 5.41) is 23.6. The summed E-state index contributed by atoms with van der Waals surface area (Å²) in [6, 6.07) is -1.20. The Balaban J connectivity index is 3.64. The highest BCUT2D eigenvalue weighted by Crippen LogP contribution is 2.32. The molecule has 0 saturated heterocycles. The standard InChI is InChI=1S/C59H101N3O14/c1-38-27-28-39(2)51(72-18)31-30-41(4)56(76-59(69)49(36-70-16)61(13)14)43(6)50(65)24-20-19-21-26-54(66)74-52(25-22-23-48(35-38)71-17)44(7)55(67)40(3)29-32-53(75-58(68)46(9)60(11)12)45(8)57(73-47(10)64)42(5)33-34-62(15)37-63/h19-23,26,28,33-34,37-38,40-46,48-53,55-57,65,67H,24-25,27,29-32,35-36H2,1-18H3/b20-19+,23-22+,26-21+,34-33+,39-28+. The number of carbonyl (C=O) groups is 5. The number of rotatable bonds is 23. The largest absolute Gasteiger partial charge is 0.462 e. The highest BCUT2D eigenvalue weighted by Gasteiger charge is 2.38. The van der Waals surface area contributed by atoms with Crippen molar-refractivity contribution in [2.45, 2.75) is 182 Å². The molecule has 0 radical (unpaired) electrons. The third kappa shape index (κ3) is 25.1. The lowest BCUT2D eigenvalue weighted by Gasteiger charge is -2.35. The molecule has 0 aromatic carbocycles. The summed E-state index contributed by atoms with van der Waals surface area (Å²) in [5.41, 5.74) is 1.10. The SMILES string of the molecule is COCC(C(=O)OC1C(C)CCC(OC)/C(C)=C/CC(C)CC(OC)/C=C/CC(C(C)C(O)C(C)CCC(OC(=O)C(C)N(C)C)C(C)C(OC(C)=O)C(C)/C=C/N(C)C=O)OC(=O)/C=C/C=C/CC(O)C1C)N(C)C. The summed E-state index contributed by atoms with van der Waals surface area (Å²) in [5.74, 6) is -4.14. The Bertz CT molecular complexity index is 1870. The van der Waals surface area contributed by atoms with E-state index in [4.69, 9.17) is 33.2 Å². The molecule has 436 valence electrons. The minimum atomic E-state index is -0.966. The van der Waals surface area contributed by atoms with Crippen LogP contribution >= 0.6 is 0 Å². The van der Waals surface area contributed by atoms with Crippen LogP contribution in [0.4, 0.5) is 0 Å². The second kappa shape index (κ2) is 36.8. The van der Waals surface area contributed by atoms with Gasteiger partial charge in [-0.15, -0.1) is 0 Å². The van der Waals surface area contributed by atoms with Crippen molar-refractivity contribution in [1.82, 2.24) is 14.7 Å². The normalized spacial score (nSPS) is 28.6.